The number of benzene rings is 1. The quantitative estimate of drug-likeness (QED) is 0.306. The fourth-order valence-electron chi connectivity index (χ4n) is 9.11. The minimum atomic E-state index is -0.0687. The number of fused-ring (bicyclic) bond motifs is 4. The summed E-state index contributed by atoms with van der Waals surface area (Å²) in [5, 5.41) is 4.17. The monoisotopic (exact) mass is 777 g/mol. The Labute approximate surface area is 296 Å². The van der Waals surface area contributed by atoms with Crippen LogP contribution in [0.3, 0.4) is 0 Å². The predicted octanol–water partition coefficient (Wildman–Crippen LogP) is 8.43. The van der Waals surface area contributed by atoms with E-state index in [4.69, 9.17) is 16.6 Å². The Morgan fingerprint density at radius 1 is 1.07 bits per heavy atom. The summed E-state index contributed by atoms with van der Waals surface area (Å²) in [6.45, 7) is 8.26. The summed E-state index contributed by atoms with van der Waals surface area (Å²) < 4.78 is 2.11. The van der Waals surface area contributed by atoms with Gasteiger partial charge in [-0.2, -0.15) is 12.6 Å². The molecule has 5 nitrogen and oxygen atoms in total. The van der Waals surface area contributed by atoms with Gasteiger partial charge in [-0.05, 0) is 138 Å². The number of hydrogen-bond acceptors (Lipinski definition) is 5. The largest absolute Gasteiger partial charge is 0.343 e. The normalized spacial score (nSPS) is 27.8. The van der Waals surface area contributed by atoms with Crippen LogP contribution in [-0.4, -0.2) is 53.5 Å². The number of likely N-dealkylation sites (tertiary alicyclic amines) is 1. The van der Waals surface area contributed by atoms with Crippen LogP contribution in [0.15, 0.2) is 33.3 Å². The van der Waals surface area contributed by atoms with Crippen LogP contribution in [0.1, 0.15) is 93.5 Å². The van der Waals surface area contributed by atoms with Crippen molar-refractivity contribution in [3.8, 4) is 0 Å². The maximum atomic E-state index is 13.0. The van der Waals surface area contributed by atoms with Gasteiger partial charge in [0.25, 0.3) is 0 Å². The van der Waals surface area contributed by atoms with Gasteiger partial charge >= 0.3 is 0 Å². The lowest BCUT2D eigenvalue weighted by Crippen LogP contribution is -2.41. The number of piperidine rings is 2. The van der Waals surface area contributed by atoms with Crippen molar-refractivity contribution in [1.82, 2.24) is 15.2 Å². The van der Waals surface area contributed by atoms with Crippen molar-refractivity contribution < 1.29 is 9.59 Å². The molecule has 9 heteroatoms. The Morgan fingerprint density at radius 2 is 1.78 bits per heavy atom. The fourth-order valence-corrected chi connectivity index (χ4v) is 11.4. The average molecular weight is 780 g/mol. The summed E-state index contributed by atoms with van der Waals surface area (Å²) in [6.07, 6.45) is 11.9. The summed E-state index contributed by atoms with van der Waals surface area (Å²) in [4.78, 5) is 31.8. The van der Waals surface area contributed by atoms with Gasteiger partial charge in [-0.15, -0.1) is 0 Å². The molecule has 2 saturated carbocycles. The average Bonchev–Trinajstić information content (AvgIpc) is 3.29. The molecule has 7 rings (SSSR count). The minimum absolute atomic E-state index is 0.0687. The first-order chi connectivity index (χ1) is 21.5. The lowest BCUT2D eigenvalue weighted by atomic mass is 9.70. The molecule has 3 atom stereocenters. The van der Waals surface area contributed by atoms with Gasteiger partial charge in [-0.3, -0.25) is 14.6 Å². The number of hydrogen-bond donors (Lipinski definition) is 2. The molecule has 0 spiro atoms. The van der Waals surface area contributed by atoms with E-state index in [1.165, 1.54) is 28.8 Å². The van der Waals surface area contributed by atoms with Crippen molar-refractivity contribution >= 4 is 67.8 Å². The molecule has 45 heavy (non-hydrogen) atoms. The second kappa shape index (κ2) is 13.9. The number of carbonyl (C=O) groups excluding carboxylic acids is 2. The number of halogens is 3. The number of nitrogens with zero attached hydrogens (tertiary/aromatic N) is 2. The van der Waals surface area contributed by atoms with Crippen molar-refractivity contribution in [3.05, 3.63) is 60.7 Å². The van der Waals surface area contributed by atoms with E-state index in [-0.39, 0.29) is 16.7 Å². The van der Waals surface area contributed by atoms with Gasteiger partial charge in [-0.25, -0.2) is 0 Å². The van der Waals surface area contributed by atoms with Crippen LogP contribution in [0.25, 0.3) is 0 Å². The number of Topliss-reactive ketones (excluding diaryl/α,β-unsaturated/α-hetero) is 1. The van der Waals surface area contributed by atoms with Gasteiger partial charge in [0.2, 0.25) is 5.91 Å². The Hall–Kier alpha value is -0.930. The van der Waals surface area contributed by atoms with E-state index in [9.17, 15) is 9.59 Å². The number of aryl methyl sites for hydroxylation is 2. The molecule has 0 radical (unpaired) electrons. The minimum Gasteiger partial charge on any atom is -0.343 e. The van der Waals surface area contributed by atoms with E-state index in [0.717, 1.165) is 97.3 Å². The summed E-state index contributed by atoms with van der Waals surface area (Å²) in [7, 11) is 0. The molecule has 3 unspecified atom stereocenters. The third-order valence-corrected chi connectivity index (χ3v) is 14.0. The molecule has 2 aliphatic heterocycles. The van der Waals surface area contributed by atoms with Crippen LogP contribution in [0.2, 0.25) is 5.02 Å². The van der Waals surface area contributed by atoms with Crippen molar-refractivity contribution in [2.24, 2.45) is 28.6 Å². The van der Waals surface area contributed by atoms with Crippen LogP contribution >= 0.6 is 56.1 Å². The number of nitrogens with one attached hydrogen (secondary N) is 1. The summed E-state index contributed by atoms with van der Waals surface area (Å²) in [5.41, 5.74) is 5.31. The molecule has 1 aromatic heterocycles. The number of thiol groups is 1. The molecule has 1 N–H and O–H groups in total. The lowest BCUT2D eigenvalue weighted by molar-refractivity contribution is -0.134. The Bertz CT molecular complexity index is 1440. The maximum Gasteiger partial charge on any atom is 0.222 e. The summed E-state index contributed by atoms with van der Waals surface area (Å²) in [5.74, 6) is 3.41. The van der Waals surface area contributed by atoms with Crippen LogP contribution in [0, 0.1) is 28.6 Å². The number of pyridine rings is 1. The highest BCUT2D eigenvalue weighted by Gasteiger charge is 2.63. The Balaban J connectivity index is 0.000000248. The molecule has 2 saturated heterocycles. The molecule has 244 valence electrons. The van der Waals surface area contributed by atoms with Gasteiger partial charge < -0.3 is 10.2 Å². The summed E-state index contributed by atoms with van der Waals surface area (Å²) >= 11 is 18.3. The number of ketones is 1. The number of aromatic nitrogens is 1. The maximum absolute atomic E-state index is 13.0. The van der Waals surface area contributed by atoms with Gasteiger partial charge in [0.15, 0.2) is 0 Å². The van der Waals surface area contributed by atoms with Crippen LogP contribution in [-0.2, 0) is 22.4 Å². The Morgan fingerprint density at radius 3 is 2.40 bits per heavy atom. The Kier molecular flexibility index (Phi) is 10.5. The molecule has 2 aromatic rings. The standard InChI is InChI=1S/C26H30Br2ClN3O.C10H16OS/c27-20-12-19-2-1-18-13-21(29)14-22(28)24(18)25(26(19)31-15-20)17-5-9-32(10-6-17)23(33)11-16-3-7-30-8-4-16;1-9(2)7-3-4-10(9,6-12)8(11)5-7/h12-17,25,30H,1-11H2;7,12H,3-6H2,1-2H3. The van der Waals surface area contributed by atoms with E-state index in [2.05, 4.69) is 80.7 Å². The van der Waals surface area contributed by atoms with Crippen molar-refractivity contribution in [2.75, 3.05) is 31.9 Å². The van der Waals surface area contributed by atoms with Crippen LogP contribution in [0.5, 0.6) is 0 Å². The lowest BCUT2D eigenvalue weighted by Gasteiger charge is -2.37. The van der Waals surface area contributed by atoms with Gasteiger partial charge in [0.05, 0.1) is 5.69 Å². The summed E-state index contributed by atoms with van der Waals surface area (Å²) in [6, 6.07) is 6.39. The second-order valence-corrected chi connectivity index (χ2v) is 17.1. The highest BCUT2D eigenvalue weighted by molar-refractivity contribution is 9.10. The zero-order chi connectivity index (χ0) is 31.9. The number of carbonyl (C=O) groups is 2. The van der Waals surface area contributed by atoms with Gasteiger partial charge in [0, 0.05) is 63.2 Å². The highest BCUT2D eigenvalue weighted by Crippen LogP contribution is 2.64. The third-order valence-electron chi connectivity index (χ3n) is 12.1. The molecule has 5 aliphatic rings. The second-order valence-electron chi connectivity index (χ2n) is 14.6. The van der Waals surface area contributed by atoms with Crippen LogP contribution < -0.4 is 5.32 Å². The SMILES string of the molecule is CC1(C)C2CCC1(CS)C(=O)C2.O=C(CC1CCNCC1)N1CCC(C2c3ncc(Br)cc3CCc3cc(Cl)cc(Br)c32)CC1. The third kappa shape index (κ3) is 6.58. The van der Waals surface area contributed by atoms with Gasteiger partial charge in [-0.1, -0.05) is 41.4 Å². The zero-order valence-electron chi connectivity index (χ0n) is 26.5. The first-order valence-electron chi connectivity index (χ1n) is 16.8. The van der Waals surface area contributed by atoms with E-state index in [1.54, 1.807) is 0 Å². The van der Waals surface area contributed by atoms with E-state index >= 15 is 0 Å². The predicted molar refractivity (Wildman–Crippen MR) is 192 cm³/mol. The van der Waals surface area contributed by atoms with Crippen molar-refractivity contribution in [1.29, 1.82) is 0 Å². The molecule has 2 bridgehead atoms. The van der Waals surface area contributed by atoms with Gasteiger partial charge in [0.1, 0.15) is 5.78 Å². The number of rotatable bonds is 4. The highest BCUT2D eigenvalue weighted by atomic mass is 79.9. The molecule has 1 aromatic carbocycles. The van der Waals surface area contributed by atoms with Crippen LogP contribution in [0.4, 0.5) is 0 Å². The first kappa shape index (κ1) is 34.0. The molecular formula is C36H46Br2ClN3O2S. The topological polar surface area (TPSA) is 62.3 Å². The fraction of sp³-hybridized carbons (Fsp3) is 0.639. The van der Waals surface area contributed by atoms with E-state index in [0.29, 0.717) is 35.9 Å². The smallest absolute Gasteiger partial charge is 0.222 e. The zero-order valence-corrected chi connectivity index (χ0v) is 31.3. The van der Waals surface area contributed by atoms with E-state index < -0.39 is 0 Å². The first-order valence-corrected chi connectivity index (χ1v) is 19.4. The van der Waals surface area contributed by atoms with Crippen molar-refractivity contribution in [2.45, 2.75) is 84.0 Å². The molecule has 1 amide bonds. The van der Waals surface area contributed by atoms with Crippen molar-refractivity contribution in [3.63, 3.8) is 0 Å². The van der Waals surface area contributed by atoms with E-state index in [1.807, 2.05) is 12.3 Å². The molecule has 3 heterocycles. The molecule has 4 fully saturated rings. The number of amides is 1. The molecular weight excluding hydrogens is 734 g/mol. The molecule has 3 aliphatic carbocycles.